The molecule has 0 aliphatic carbocycles. The van der Waals surface area contributed by atoms with Gasteiger partial charge in [-0.1, -0.05) is 83.6 Å². The molecule has 0 amide bonds. The minimum absolute atomic E-state index is 0.201. The molecule has 3 aromatic carbocycles. The maximum Gasteiger partial charge on any atom is 0.338 e. The third-order valence-corrected chi connectivity index (χ3v) is 7.14. The zero-order valence-electron chi connectivity index (χ0n) is 20.8. The van der Waals surface area contributed by atoms with Gasteiger partial charge in [0, 0.05) is 5.56 Å². The van der Waals surface area contributed by atoms with Crippen molar-refractivity contribution in [3.05, 3.63) is 126 Å². The van der Waals surface area contributed by atoms with E-state index in [-0.39, 0.29) is 12.2 Å². The van der Waals surface area contributed by atoms with Gasteiger partial charge < -0.3 is 9.47 Å². The standard InChI is InChI=1S/C30H26N2O4S/c1-4-36-29(34)25-26(21-9-6-5-7-10-21)31-30-32(27(25)22-11-8-12-23(18-22)35-3)28(33)24(37-30)17-20-15-13-19(2)14-16-20/h5-18,27H,4H2,1-3H3/b24-17-/t27-/m1/s1. The van der Waals surface area contributed by atoms with Crippen LogP contribution in [0.15, 0.2) is 94.2 Å². The number of carbonyl (C=O) groups is 1. The molecule has 37 heavy (non-hydrogen) atoms. The average Bonchev–Trinajstić information content (AvgIpc) is 3.24. The lowest BCUT2D eigenvalue weighted by Gasteiger charge is -2.26. The Kier molecular flexibility index (Phi) is 6.88. The number of benzene rings is 3. The van der Waals surface area contributed by atoms with Gasteiger partial charge in [0.1, 0.15) is 5.75 Å². The maximum atomic E-state index is 13.9. The largest absolute Gasteiger partial charge is 0.497 e. The molecule has 0 spiro atoms. The number of esters is 1. The summed E-state index contributed by atoms with van der Waals surface area (Å²) in [5, 5.41) is 0. The number of fused-ring (bicyclic) bond motifs is 1. The van der Waals surface area contributed by atoms with Crippen molar-refractivity contribution in [3.8, 4) is 5.75 Å². The quantitative estimate of drug-likeness (QED) is 0.364. The second kappa shape index (κ2) is 10.4. The second-order valence-electron chi connectivity index (χ2n) is 8.62. The van der Waals surface area contributed by atoms with E-state index in [0.29, 0.717) is 26.4 Å². The average molecular weight is 511 g/mol. The summed E-state index contributed by atoms with van der Waals surface area (Å²) in [5.74, 6) is 0.117. The zero-order valence-corrected chi connectivity index (χ0v) is 21.6. The monoisotopic (exact) mass is 510 g/mol. The van der Waals surface area contributed by atoms with Crippen LogP contribution in [0, 0.1) is 6.92 Å². The normalized spacial score (nSPS) is 15.2. The zero-order chi connectivity index (χ0) is 25.9. The Labute approximate surface area is 218 Å². The Balaban J connectivity index is 1.83. The smallest absolute Gasteiger partial charge is 0.338 e. The molecular weight excluding hydrogens is 484 g/mol. The van der Waals surface area contributed by atoms with Crippen molar-refractivity contribution in [2.75, 3.05) is 13.7 Å². The van der Waals surface area contributed by atoms with Gasteiger partial charge in [-0.25, -0.2) is 9.79 Å². The first-order valence-electron chi connectivity index (χ1n) is 12.0. The Hall–Kier alpha value is -4.23. The van der Waals surface area contributed by atoms with Gasteiger partial charge in [0.15, 0.2) is 4.80 Å². The highest BCUT2D eigenvalue weighted by Gasteiger charge is 2.35. The van der Waals surface area contributed by atoms with Gasteiger partial charge in [0.2, 0.25) is 0 Å². The summed E-state index contributed by atoms with van der Waals surface area (Å²) in [5.41, 5.74) is 4.16. The van der Waals surface area contributed by atoms with E-state index < -0.39 is 12.0 Å². The van der Waals surface area contributed by atoms with Gasteiger partial charge in [0.05, 0.1) is 35.6 Å². The highest BCUT2D eigenvalue weighted by atomic mass is 32.1. The van der Waals surface area contributed by atoms with Gasteiger partial charge in [-0.05, 0) is 43.2 Å². The number of nitrogens with zero attached hydrogens (tertiary/aromatic N) is 2. The van der Waals surface area contributed by atoms with Gasteiger partial charge in [-0.2, -0.15) is 0 Å². The molecule has 1 aliphatic heterocycles. The minimum Gasteiger partial charge on any atom is -0.497 e. The lowest BCUT2D eigenvalue weighted by molar-refractivity contribution is -0.138. The molecule has 4 aromatic rings. The minimum atomic E-state index is -0.735. The molecule has 0 radical (unpaired) electrons. The van der Waals surface area contributed by atoms with Crippen molar-refractivity contribution in [3.63, 3.8) is 0 Å². The molecule has 0 saturated heterocycles. The molecule has 2 heterocycles. The highest BCUT2D eigenvalue weighted by Crippen LogP contribution is 2.36. The summed E-state index contributed by atoms with van der Waals surface area (Å²) >= 11 is 1.31. The van der Waals surface area contributed by atoms with Crippen molar-refractivity contribution >= 4 is 29.1 Å². The second-order valence-corrected chi connectivity index (χ2v) is 9.63. The first-order valence-corrected chi connectivity index (χ1v) is 12.8. The molecule has 6 nitrogen and oxygen atoms in total. The Morgan fingerprint density at radius 3 is 2.51 bits per heavy atom. The summed E-state index contributed by atoms with van der Waals surface area (Å²) in [6.45, 7) is 3.99. The molecule has 0 unspecified atom stereocenters. The van der Waals surface area contributed by atoms with E-state index in [0.717, 1.165) is 22.3 Å². The number of aryl methyl sites for hydroxylation is 1. The number of thiazole rings is 1. The predicted octanol–water partition coefficient (Wildman–Crippen LogP) is 4.25. The summed E-state index contributed by atoms with van der Waals surface area (Å²) in [6.07, 6.45) is 1.86. The molecule has 0 N–H and O–H groups in total. The third-order valence-electron chi connectivity index (χ3n) is 6.16. The molecule has 0 bridgehead atoms. The first-order chi connectivity index (χ1) is 18.0. The Bertz CT molecular complexity index is 1670. The fourth-order valence-corrected chi connectivity index (χ4v) is 5.38. The summed E-state index contributed by atoms with van der Waals surface area (Å²) in [7, 11) is 1.59. The first kappa shape index (κ1) is 24.5. The van der Waals surface area contributed by atoms with Crippen molar-refractivity contribution < 1.29 is 14.3 Å². The van der Waals surface area contributed by atoms with E-state index >= 15 is 0 Å². The van der Waals surface area contributed by atoms with Gasteiger partial charge in [0.25, 0.3) is 5.56 Å². The lowest BCUT2D eigenvalue weighted by atomic mass is 9.93. The number of ether oxygens (including phenoxy) is 2. The van der Waals surface area contributed by atoms with Crippen LogP contribution in [0.5, 0.6) is 5.75 Å². The maximum absolute atomic E-state index is 13.9. The number of rotatable bonds is 6. The fourth-order valence-electron chi connectivity index (χ4n) is 4.38. The van der Waals surface area contributed by atoms with Crippen LogP contribution in [0.4, 0.5) is 0 Å². The number of aromatic nitrogens is 1. The van der Waals surface area contributed by atoms with Crippen molar-refractivity contribution in [2.45, 2.75) is 19.9 Å². The lowest BCUT2D eigenvalue weighted by Crippen LogP contribution is -2.40. The van der Waals surface area contributed by atoms with E-state index in [1.54, 1.807) is 18.6 Å². The SMILES string of the molecule is CCOC(=O)C1=C(c2ccccc2)N=c2s/c(=C\c3ccc(C)cc3)c(=O)n2[C@@H]1c1cccc(OC)c1. The van der Waals surface area contributed by atoms with E-state index in [9.17, 15) is 9.59 Å². The summed E-state index contributed by atoms with van der Waals surface area (Å²) in [6, 6.07) is 24.2. The van der Waals surface area contributed by atoms with Crippen LogP contribution in [0.3, 0.4) is 0 Å². The van der Waals surface area contributed by atoms with Gasteiger partial charge >= 0.3 is 5.97 Å². The molecule has 1 aromatic heterocycles. The molecule has 5 rings (SSSR count). The Morgan fingerprint density at radius 2 is 1.81 bits per heavy atom. The molecule has 0 fully saturated rings. The van der Waals surface area contributed by atoms with Gasteiger partial charge in [-0.15, -0.1) is 0 Å². The highest BCUT2D eigenvalue weighted by molar-refractivity contribution is 7.07. The van der Waals surface area contributed by atoms with Crippen molar-refractivity contribution in [1.82, 2.24) is 4.57 Å². The fraction of sp³-hybridized carbons (Fsp3) is 0.167. The van der Waals surface area contributed by atoms with Crippen LogP contribution in [0.25, 0.3) is 11.8 Å². The number of carbonyl (C=O) groups excluding carboxylic acids is 1. The van der Waals surface area contributed by atoms with Crippen LogP contribution >= 0.6 is 11.3 Å². The van der Waals surface area contributed by atoms with Crippen LogP contribution < -0.4 is 19.6 Å². The van der Waals surface area contributed by atoms with Gasteiger partial charge in [-0.3, -0.25) is 9.36 Å². The van der Waals surface area contributed by atoms with Crippen molar-refractivity contribution in [1.29, 1.82) is 0 Å². The van der Waals surface area contributed by atoms with E-state index in [1.807, 2.05) is 91.9 Å². The van der Waals surface area contributed by atoms with Crippen LogP contribution in [0.2, 0.25) is 0 Å². The number of methoxy groups -OCH3 is 1. The summed E-state index contributed by atoms with van der Waals surface area (Å²) < 4.78 is 13.1. The molecule has 1 aliphatic rings. The number of hydrogen-bond donors (Lipinski definition) is 0. The van der Waals surface area contributed by atoms with Crippen LogP contribution in [0.1, 0.15) is 35.2 Å². The Morgan fingerprint density at radius 1 is 1.05 bits per heavy atom. The molecular formula is C30H26N2O4S. The van der Waals surface area contributed by atoms with Crippen LogP contribution in [-0.4, -0.2) is 24.3 Å². The van der Waals surface area contributed by atoms with Crippen molar-refractivity contribution in [2.24, 2.45) is 4.99 Å². The van der Waals surface area contributed by atoms with E-state index in [1.165, 1.54) is 11.3 Å². The summed E-state index contributed by atoms with van der Waals surface area (Å²) in [4.78, 5) is 32.7. The predicted molar refractivity (Wildman–Crippen MR) is 145 cm³/mol. The third kappa shape index (κ3) is 4.78. The van der Waals surface area contributed by atoms with Crippen LogP contribution in [-0.2, 0) is 9.53 Å². The molecule has 186 valence electrons. The van der Waals surface area contributed by atoms with E-state index in [2.05, 4.69) is 0 Å². The molecule has 7 heteroatoms. The number of hydrogen-bond acceptors (Lipinski definition) is 6. The molecule has 0 saturated carbocycles. The molecule has 1 atom stereocenters. The van der Waals surface area contributed by atoms with E-state index in [4.69, 9.17) is 14.5 Å². The topological polar surface area (TPSA) is 69.9 Å².